The van der Waals surface area contributed by atoms with Crippen molar-refractivity contribution in [2.75, 3.05) is 7.05 Å². The monoisotopic (exact) mass is 273 g/mol. The summed E-state index contributed by atoms with van der Waals surface area (Å²) in [7, 11) is 1.65. The van der Waals surface area contributed by atoms with Gasteiger partial charge in [-0.3, -0.25) is 4.79 Å². The summed E-state index contributed by atoms with van der Waals surface area (Å²) in [5, 5.41) is 9.72. The van der Waals surface area contributed by atoms with E-state index in [-0.39, 0.29) is 17.5 Å². The highest BCUT2D eigenvalue weighted by Crippen LogP contribution is 2.19. The number of phenols is 1. The highest BCUT2D eigenvalue weighted by molar-refractivity contribution is 5.95. The van der Waals surface area contributed by atoms with Gasteiger partial charge >= 0.3 is 0 Å². The van der Waals surface area contributed by atoms with Crippen molar-refractivity contribution >= 4 is 5.91 Å². The third kappa shape index (κ3) is 2.96. The van der Waals surface area contributed by atoms with Gasteiger partial charge in [0.05, 0.1) is 0 Å². The van der Waals surface area contributed by atoms with Crippen molar-refractivity contribution in [2.24, 2.45) is 0 Å². The van der Waals surface area contributed by atoms with E-state index in [0.717, 1.165) is 0 Å². The van der Waals surface area contributed by atoms with Crippen LogP contribution in [0.25, 0.3) is 0 Å². The molecule has 0 fully saturated rings. The van der Waals surface area contributed by atoms with Gasteiger partial charge < -0.3 is 10.0 Å². The highest BCUT2D eigenvalue weighted by atomic mass is 19.1. The second-order valence-electron chi connectivity index (χ2n) is 4.75. The molecule has 0 saturated heterocycles. The molecule has 2 aromatic rings. The van der Waals surface area contributed by atoms with Crippen molar-refractivity contribution in [3.8, 4) is 5.75 Å². The SMILES string of the molecule is Cc1cc(F)ccc1C(=O)N(C)Cc1ccccc1O. The van der Waals surface area contributed by atoms with E-state index >= 15 is 0 Å². The van der Waals surface area contributed by atoms with Crippen molar-refractivity contribution in [3.63, 3.8) is 0 Å². The summed E-state index contributed by atoms with van der Waals surface area (Å²) < 4.78 is 13.1. The van der Waals surface area contributed by atoms with Gasteiger partial charge in [-0.1, -0.05) is 18.2 Å². The molecule has 2 rings (SSSR count). The molecule has 3 nitrogen and oxygen atoms in total. The van der Waals surface area contributed by atoms with E-state index < -0.39 is 0 Å². The van der Waals surface area contributed by atoms with Crippen LogP contribution in [-0.4, -0.2) is 23.0 Å². The first kappa shape index (κ1) is 14.1. The predicted octanol–water partition coefficient (Wildman–Crippen LogP) is 3.11. The molecule has 2 aromatic carbocycles. The zero-order valence-electron chi connectivity index (χ0n) is 11.4. The molecular formula is C16H16FNO2. The Kier molecular flexibility index (Phi) is 4.03. The van der Waals surface area contributed by atoms with Crippen LogP contribution < -0.4 is 0 Å². The smallest absolute Gasteiger partial charge is 0.254 e. The number of benzene rings is 2. The summed E-state index contributed by atoms with van der Waals surface area (Å²) in [6, 6.07) is 11.0. The summed E-state index contributed by atoms with van der Waals surface area (Å²) in [6.45, 7) is 1.99. The van der Waals surface area contributed by atoms with Crippen LogP contribution in [0.3, 0.4) is 0 Å². The molecule has 0 aliphatic heterocycles. The van der Waals surface area contributed by atoms with Gasteiger partial charge in [0.1, 0.15) is 11.6 Å². The fraction of sp³-hybridized carbons (Fsp3) is 0.188. The van der Waals surface area contributed by atoms with Gasteiger partial charge in [0.25, 0.3) is 5.91 Å². The fourth-order valence-corrected chi connectivity index (χ4v) is 2.04. The molecular weight excluding hydrogens is 257 g/mol. The van der Waals surface area contributed by atoms with Crippen LogP contribution in [0, 0.1) is 12.7 Å². The van der Waals surface area contributed by atoms with E-state index in [1.165, 1.54) is 23.1 Å². The van der Waals surface area contributed by atoms with Crippen LogP contribution >= 0.6 is 0 Å². The predicted molar refractivity (Wildman–Crippen MR) is 75.0 cm³/mol. The van der Waals surface area contributed by atoms with Gasteiger partial charge in [-0.25, -0.2) is 4.39 Å². The molecule has 104 valence electrons. The maximum Gasteiger partial charge on any atom is 0.254 e. The Bertz CT molecular complexity index is 640. The Morgan fingerprint density at radius 1 is 1.25 bits per heavy atom. The number of hydrogen-bond donors (Lipinski definition) is 1. The summed E-state index contributed by atoms with van der Waals surface area (Å²) in [4.78, 5) is 13.8. The standard InChI is InChI=1S/C16H16FNO2/c1-11-9-13(17)7-8-14(11)16(20)18(2)10-12-5-3-4-6-15(12)19/h3-9,19H,10H2,1-2H3. The Hall–Kier alpha value is -2.36. The zero-order chi connectivity index (χ0) is 14.7. The van der Waals surface area contributed by atoms with Crippen LogP contribution in [-0.2, 0) is 6.54 Å². The molecule has 1 amide bonds. The van der Waals surface area contributed by atoms with Gasteiger partial charge in [0.2, 0.25) is 0 Å². The van der Waals surface area contributed by atoms with Crippen LogP contribution in [0.15, 0.2) is 42.5 Å². The zero-order valence-corrected chi connectivity index (χ0v) is 11.4. The highest BCUT2D eigenvalue weighted by Gasteiger charge is 2.15. The molecule has 0 aliphatic rings. The molecule has 0 heterocycles. The van der Waals surface area contributed by atoms with E-state index in [2.05, 4.69) is 0 Å². The molecule has 4 heteroatoms. The number of aryl methyl sites for hydroxylation is 1. The minimum atomic E-state index is -0.359. The average Bonchev–Trinajstić information content (AvgIpc) is 2.40. The Labute approximate surface area is 117 Å². The van der Waals surface area contributed by atoms with Crippen molar-refractivity contribution in [3.05, 3.63) is 65.0 Å². The fourth-order valence-electron chi connectivity index (χ4n) is 2.04. The number of carbonyl (C=O) groups is 1. The first-order valence-electron chi connectivity index (χ1n) is 6.27. The van der Waals surface area contributed by atoms with Crippen LogP contribution in [0.4, 0.5) is 4.39 Å². The molecule has 0 radical (unpaired) electrons. The van der Waals surface area contributed by atoms with Crippen LogP contribution in [0.2, 0.25) is 0 Å². The lowest BCUT2D eigenvalue weighted by Gasteiger charge is -2.19. The average molecular weight is 273 g/mol. The molecule has 0 bridgehead atoms. The van der Waals surface area contributed by atoms with Crippen molar-refractivity contribution in [1.82, 2.24) is 4.90 Å². The lowest BCUT2D eigenvalue weighted by molar-refractivity contribution is 0.0783. The number of phenolic OH excluding ortho intramolecular Hbond substituents is 1. The number of aromatic hydroxyl groups is 1. The number of amides is 1. The minimum absolute atomic E-state index is 0.156. The maximum atomic E-state index is 13.1. The Morgan fingerprint density at radius 3 is 2.60 bits per heavy atom. The molecule has 0 spiro atoms. The third-order valence-corrected chi connectivity index (χ3v) is 3.16. The molecule has 0 unspecified atom stereocenters. The first-order valence-corrected chi connectivity index (χ1v) is 6.27. The Morgan fingerprint density at radius 2 is 1.95 bits per heavy atom. The molecule has 0 aliphatic carbocycles. The molecule has 0 saturated carbocycles. The molecule has 0 aromatic heterocycles. The second kappa shape index (κ2) is 5.74. The van der Waals surface area contributed by atoms with E-state index in [0.29, 0.717) is 23.2 Å². The number of hydrogen-bond acceptors (Lipinski definition) is 2. The number of para-hydroxylation sites is 1. The Balaban J connectivity index is 2.19. The second-order valence-corrected chi connectivity index (χ2v) is 4.75. The molecule has 20 heavy (non-hydrogen) atoms. The van der Waals surface area contributed by atoms with Crippen molar-refractivity contribution < 1.29 is 14.3 Å². The number of carbonyl (C=O) groups excluding carboxylic acids is 1. The maximum absolute atomic E-state index is 13.1. The van der Waals surface area contributed by atoms with E-state index in [9.17, 15) is 14.3 Å². The topological polar surface area (TPSA) is 40.5 Å². The molecule has 0 atom stereocenters. The van der Waals surface area contributed by atoms with Gasteiger partial charge in [0.15, 0.2) is 0 Å². The first-order chi connectivity index (χ1) is 9.49. The van der Waals surface area contributed by atoms with Gasteiger partial charge in [-0.15, -0.1) is 0 Å². The largest absolute Gasteiger partial charge is 0.508 e. The van der Waals surface area contributed by atoms with Crippen LogP contribution in [0.1, 0.15) is 21.5 Å². The van der Waals surface area contributed by atoms with Gasteiger partial charge in [-0.2, -0.15) is 0 Å². The summed E-state index contributed by atoms with van der Waals surface area (Å²) in [5.41, 5.74) is 1.73. The summed E-state index contributed by atoms with van der Waals surface area (Å²) in [5.74, 6) is -0.406. The normalized spacial score (nSPS) is 10.3. The minimum Gasteiger partial charge on any atom is -0.508 e. The van der Waals surface area contributed by atoms with Crippen molar-refractivity contribution in [2.45, 2.75) is 13.5 Å². The van der Waals surface area contributed by atoms with E-state index in [4.69, 9.17) is 0 Å². The lowest BCUT2D eigenvalue weighted by Crippen LogP contribution is -2.26. The van der Waals surface area contributed by atoms with Crippen LogP contribution in [0.5, 0.6) is 5.75 Å². The molecule has 1 N–H and O–H groups in total. The quantitative estimate of drug-likeness (QED) is 0.933. The van der Waals surface area contributed by atoms with E-state index in [1.54, 1.807) is 38.2 Å². The van der Waals surface area contributed by atoms with Gasteiger partial charge in [-0.05, 0) is 36.8 Å². The number of rotatable bonds is 3. The summed E-state index contributed by atoms with van der Waals surface area (Å²) >= 11 is 0. The van der Waals surface area contributed by atoms with Crippen molar-refractivity contribution in [1.29, 1.82) is 0 Å². The lowest BCUT2D eigenvalue weighted by atomic mass is 10.1. The number of halogens is 1. The van der Waals surface area contributed by atoms with Gasteiger partial charge in [0, 0.05) is 24.7 Å². The number of nitrogens with zero attached hydrogens (tertiary/aromatic N) is 1. The van der Waals surface area contributed by atoms with E-state index in [1.807, 2.05) is 0 Å². The third-order valence-electron chi connectivity index (χ3n) is 3.16. The summed E-state index contributed by atoms with van der Waals surface area (Å²) in [6.07, 6.45) is 0.